The summed E-state index contributed by atoms with van der Waals surface area (Å²) in [6.45, 7) is 4.08. The van der Waals surface area contributed by atoms with Crippen LogP contribution in [-0.4, -0.2) is 12.1 Å². The average Bonchev–Trinajstić information content (AvgIpc) is 2.77. The third-order valence-electron chi connectivity index (χ3n) is 3.84. The second-order valence-corrected chi connectivity index (χ2v) is 5.75. The van der Waals surface area contributed by atoms with Crippen LogP contribution in [0.4, 0.5) is 0 Å². The van der Waals surface area contributed by atoms with Gasteiger partial charge in [-0.25, -0.2) is 5.43 Å². The van der Waals surface area contributed by atoms with Crippen molar-refractivity contribution in [2.75, 3.05) is 0 Å². The lowest BCUT2D eigenvalue weighted by Gasteiger charge is -2.16. The van der Waals surface area contributed by atoms with Gasteiger partial charge in [0.25, 0.3) is 0 Å². The van der Waals surface area contributed by atoms with Crippen LogP contribution in [-0.2, 0) is 4.79 Å². The lowest BCUT2D eigenvalue weighted by molar-refractivity contribution is -0.121. The number of rotatable bonds is 4. The minimum atomic E-state index is 0.0365. The van der Waals surface area contributed by atoms with Crippen LogP contribution < -0.4 is 5.43 Å². The SMILES string of the molecule is CC(C)CC(=O)N/N=C/C1CC2CCC1C2. The quantitative estimate of drug-likeness (QED) is 0.576. The summed E-state index contributed by atoms with van der Waals surface area (Å²) >= 11 is 0. The van der Waals surface area contributed by atoms with E-state index in [4.69, 9.17) is 0 Å². The Morgan fingerprint density at radius 2 is 2.25 bits per heavy atom. The second kappa shape index (κ2) is 4.98. The maximum absolute atomic E-state index is 11.4. The van der Waals surface area contributed by atoms with Gasteiger partial charge in [0, 0.05) is 12.6 Å². The molecular weight excluding hydrogens is 200 g/mol. The van der Waals surface area contributed by atoms with E-state index in [-0.39, 0.29) is 5.91 Å². The number of amides is 1. The van der Waals surface area contributed by atoms with E-state index in [9.17, 15) is 4.79 Å². The Hall–Kier alpha value is -0.860. The van der Waals surface area contributed by atoms with Crippen molar-refractivity contribution in [3.05, 3.63) is 0 Å². The van der Waals surface area contributed by atoms with Crippen LogP contribution in [0.2, 0.25) is 0 Å². The van der Waals surface area contributed by atoms with Crippen molar-refractivity contribution in [2.45, 2.75) is 46.0 Å². The summed E-state index contributed by atoms with van der Waals surface area (Å²) in [5.41, 5.74) is 2.63. The molecule has 3 heteroatoms. The average molecular weight is 222 g/mol. The summed E-state index contributed by atoms with van der Waals surface area (Å²) < 4.78 is 0. The van der Waals surface area contributed by atoms with Gasteiger partial charge in [-0.05, 0) is 42.9 Å². The molecule has 2 fully saturated rings. The van der Waals surface area contributed by atoms with E-state index in [0.29, 0.717) is 18.3 Å². The van der Waals surface area contributed by atoms with E-state index < -0.39 is 0 Å². The first-order valence-electron chi connectivity index (χ1n) is 6.47. The molecule has 0 aromatic heterocycles. The lowest BCUT2D eigenvalue weighted by Crippen LogP contribution is -2.21. The van der Waals surface area contributed by atoms with E-state index in [1.165, 1.54) is 25.7 Å². The van der Waals surface area contributed by atoms with Gasteiger partial charge in [0.2, 0.25) is 5.91 Å². The molecule has 2 bridgehead atoms. The summed E-state index contributed by atoms with van der Waals surface area (Å²) in [4.78, 5) is 11.4. The summed E-state index contributed by atoms with van der Waals surface area (Å²) in [7, 11) is 0. The minimum Gasteiger partial charge on any atom is -0.273 e. The molecule has 2 rings (SSSR count). The molecule has 0 heterocycles. The molecular formula is C13H22N2O. The van der Waals surface area contributed by atoms with E-state index in [0.717, 1.165) is 11.8 Å². The Kier molecular flexibility index (Phi) is 3.62. The van der Waals surface area contributed by atoms with Crippen molar-refractivity contribution in [3.8, 4) is 0 Å². The molecule has 1 N–H and O–H groups in total. The van der Waals surface area contributed by atoms with E-state index in [1.807, 2.05) is 20.1 Å². The smallest absolute Gasteiger partial charge is 0.240 e. The zero-order valence-electron chi connectivity index (χ0n) is 10.3. The van der Waals surface area contributed by atoms with Gasteiger partial charge < -0.3 is 0 Å². The van der Waals surface area contributed by atoms with Crippen molar-refractivity contribution in [2.24, 2.45) is 28.8 Å². The Balaban J connectivity index is 1.71. The molecule has 90 valence electrons. The van der Waals surface area contributed by atoms with Crippen LogP contribution in [0.3, 0.4) is 0 Å². The highest BCUT2D eigenvalue weighted by Crippen LogP contribution is 2.47. The number of nitrogens with one attached hydrogen (secondary N) is 1. The highest BCUT2D eigenvalue weighted by Gasteiger charge is 2.38. The number of carbonyl (C=O) groups excluding carboxylic acids is 1. The topological polar surface area (TPSA) is 41.5 Å². The van der Waals surface area contributed by atoms with Gasteiger partial charge in [0.05, 0.1) is 0 Å². The van der Waals surface area contributed by atoms with Crippen molar-refractivity contribution >= 4 is 12.1 Å². The Labute approximate surface area is 97.7 Å². The maximum atomic E-state index is 11.4. The van der Waals surface area contributed by atoms with Crippen LogP contribution in [0, 0.1) is 23.7 Å². The summed E-state index contributed by atoms with van der Waals surface area (Å²) in [5, 5.41) is 4.10. The predicted octanol–water partition coefficient (Wildman–Crippen LogP) is 2.57. The second-order valence-electron chi connectivity index (χ2n) is 5.75. The molecule has 0 saturated heterocycles. The normalized spacial score (nSPS) is 32.8. The van der Waals surface area contributed by atoms with E-state index >= 15 is 0 Å². The Morgan fingerprint density at radius 1 is 1.44 bits per heavy atom. The van der Waals surface area contributed by atoms with Gasteiger partial charge in [0.15, 0.2) is 0 Å². The number of nitrogens with zero attached hydrogens (tertiary/aromatic N) is 1. The molecule has 3 unspecified atom stereocenters. The number of hydrazone groups is 1. The van der Waals surface area contributed by atoms with Crippen LogP contribution in [0.1, 0.15) is 46.0 Å². The zero-order chi connectivity index (χ0) is 11.5. The first-order chi connectivity index (χ1) is 7.65. The van der Waals surface area contributed by atoms with Crippen LogP contribution in [0.25, 0.3) is 0 Å². The summed E-state index contributed by atoms with van der Waals surface area (Å²) in [6.07, 6.45) is 7.98. The van der Waals surface area contributed by atoms with Gasteiger partial charge in [0.1, 0.15) is 0 Å². The van der Waals surface area contributed by atoms with Crippen LogP contribution in [0.15, 0.2) is 5.10 Å². The molecule has 16 heavy (non-hydrogen) atoms. The largest absolute Gasteiger partial charge is 0.273 e. The molecule has 2 saturated carbocycles. The highest BCUT2D eigenvalue weighted by atomic mass is 16.2. The zero-order valence-corrected chi connectivity index (χ0v) is 10.3. The van der Waals surface area contributed by atoms with E-state index in [2.05, 4.69) is 10.5 Å². The van der Waals surface area contributed by atoms with Gasteiger partial charge in [-0.1, -0.05) is 20.3 Å². The highest BCUT2D eigenvalue weighted by molar-refractivity contribution is 5.77. The summed E-state index contributed by atoms with van der Waals surface area (Å²) in [6, 6.07) is 0. The van der Waals surface area contributed by atoms with Gasteiger partial charge in [-0.2, -0.15) is 5.10 Å². The minimum absolute atomic E-state index is 0.0365. The van der Waals surface area contributed by atoms with Gasteiger partial charge in [-0.3, -0.25) is 4.79 Å². The number of hydrogen-bond acceptors (Lipinski definition) is 2. The van der Waals surface area contributed by atoms with Crippen molar-refractivity contribution in [1.29, 1.82) is 0 Å². The molecule has 1 amide bonds. The maximum Gasteiger partial charge on any atom is 0.240 e. The third-order valence-corrected chi connectivity index (χ3v) is 3.84. The monoisotopic (exact) mass is 222 g/mol. The standard InChI is InChI=1S/C13H22N2O/c1-9(2)5-13(16)15-14-8-12-7-10-3-4-11(12)6-10/h8-12H,3-7H2,1-2H3,(H,15,16)/b14-8+. The third kappa shape index (κ3) is 2.83. The Morgan fingerprint density at radius 3 is 2.81 bits per heavy atom. The van der Waals surface area contributed by atoms with E-state index in [1.54, 1.807) is 0 Å². The van der Waals surface area contributed by atoms with Gasteiger partial charge >= 0.3 is 0 Å². The molecule has 2 aliphatic carbocycles. The van der Waals surface area contributed by atoms with Crippen LogP contribution in [0.5, 0.6) is 0 Å². The predicted molar refractivity (Wildman–Crippen MR) is 65.0 cm³/mol. The Bertz CT molecular complexity index is 286. The number of hydrogen-bond donors (Lipinski definition) is 1. The molecule has 0 aromatic rings. The van der Waals surface area contributed by atoms with Crippen molar-refractivity contribution in [1.82, 2.24) is 5.43 Å². The molecule has 0 spiro atoms. The molecule has 2 aliphatic rings. The lowest BCUT2D eigenvalue weighted by atomic mass is 9.90. The van der Waals surface area contributed by atoms with Crippen molar-refractivity contribution in [3.63, 3.8) is 0 Å². The molecule has 3 atom stereocenters. The molecule has 0 aromatic carbocycles. The number of fused-ring (bicyclic) bond motifs is 2. The fourth-order valence-corrected chi connectivity index (χ4v) is 3.10. The first-order valence-corrected chi connectivity index (χ1v) is 6.47. The summed E-state index contributed by atoms with van der Waals surface area (Å²) in [5.74, 6) is 2.84. The fraction of sp³-hybridized carbons (Fsp3) is 0.846. The molecule has 0 aliphatic heterocycles. The van der Waals surface area contributed by atoms with Gasteiger partial charge in [-0.15, -0.1) is 0 Å². The molecule has 3 nitrogen and oxygen atoms in total. The first kappa shape index (κ1) is 11.6. The molecule has 0 radical (unpaired) electrons. The van der Waals surface area contributed by atoms with Crippen molar-refractivity contribution < 1.29 is 4.79 Å². The van der Waals surface area contributed by atoms with Crippen LogP contribution >= 0.6 is 0 Å². The number of carbonyl (C=O) groups is 1. The fourth-order valence-electron chi connectivity index (χ4n) is 3.10.